The molecule has 0 aliphatic carbocycles. The van der Waals surface area contributed by atoms with E-state index in [0.29, 0.717) is 20.5 Å². The number of nitrogens with zero attached hydrogens (tertiary/aromatic N) is 1. The van der Waals surface area contributed by atoms with E-state index in [0.717, 1.165) is 16.9 Å². The van der Waals surface area contributed by atoms with Crippen molar-refractivity contribution >= 4 is 45.7 Å². The van der Waals surface area contributed by atoms with Crippen molar-refractivity contribution in [1.82, 2.24) is 10.2 Å². The first-order valence-corrected chi connectivity index (χ1v) is 10.7. The maximum absolute atomic E-state index is 12.5. The quantitative estimate of drug-likeness (QED) is 0.595. The van der Waals surface area contributed by atoms with Crippen LogP contribution in [0.3, 0.4) is 0 Å². The number of amides is 2. The van der Waals surface area contributed by atoms with Crippen molar-refractivity contribution in [1.29, 1.82) is 0 Å². The highest BCUT2D eigenvalue weighted by Gasteiger charge is 2.27. The summed E-state index contributed by atoms with van der Waals surface area (Å²) in [5.41, 5.74) is 1.58. The summed E-state index contributed by atoms with van der Waals surface area (Å²) in [5, 5.41) is 6.77. The van der Waals surface area contributed by atoms with E-state index in [1.54, 1.807) is 34.0 Å². The number of thiophene rings is 1. The van der Waals surface area contributed by atoms with Crippen LogP contribution >= 0.6 is 22.9 Å². The molecule has 0 spiro atoms. The molecule has 162 valence electrons. The van der Waals surface area contributed by atoms with Gasteiger partial charge >= 0.3 is 5.97 Å². The number of ether oxygens (including phenoxy) is 1. The van der Waals surface area contributed by atoms with Gasteiger partial charge in [-0.2, -0.15) is 0 Å². The maximum Gasteiger partial charge on any atom is 0.341 e. The van der Waals surface area contributed by atoms with Crippen molar-refractivity contribution in [2.45, 2.75) is 26.8 Å². The lowest BCUT2D eigenvalue weighted by molar-refractivity contribution is -0.115. The van der Waals surface area contributed by atoms with Gasteiger partial charge in [0.15, 0.2) is 0 Å². The second-order valence-corrected chi connectivity index (χ2v) is 8.28. The molecule has 0 saturated carbocycles. The Bertz CT molecular complexity index is 942. The third kappa shape index (κ3) is 5.59. The van der Waals surface area contributed by atoms with Crippen LogP contribution in [-0.2, 0) is 9.53 Å². The molecule has 2 aromatic rings. The summed E-state index contributed by atoms with van der Waals surface area (Å²) in [6.07, 6.45) is 0. The molecule has 0 saturated heterocycles. The number of carbonyl (C=O) groups excluding carboxylic acids is 3. The summed E-state index contributed by atoms with van der Waals surface area (Å²) in [7, 11) is 3.26. The van der Waals surface area contributed by atoms with Crippen molar-refractivity contribution in [3.05, 3.63) is 50.9 Å². The zero-order chi connectivity index (χ0) is 22.4. The molecule has 9 heteroatoms. The summed E-state index contributed by atoms with van der Waals surface area (Å²) < 4.78 is 5.12. The molecule has 1 unspecified atom stereocenters. The Labute approximate surface area is 185 Å². The Morgan fingerprint density at radius 3 is 2.50 bits per heavy atom. The van der Waals surface area contributed by atoms with Gasteiger partial charge in [-0.15, -0.1) is 11.3 Å². The van der Waals surface area contributed by atoms with Gasteiger partial charge in [-0.25, -0.2) is 4.79 Å². The highest BCUT2D eigenvalue weighted by molar-refractivity contribution is 7.18. The molecule has 1 aromatic carbocycles. The number of hydrogen-bond donors (Lipinski definition) is 2. The summed E-state index contributed by atoms with van der Waals surface area (Å²) >= 11 is 7.26. The van der Waals surface area contributed by atoms with Crippen LogP contribution in [0, 0.1) is 6.92 Å². The van der Waals surface area contributed by atoms with Gasteiger partial charge in [-0.1, -0.05) is 29.8 Å². The predicted molar refractivity (Wildman–Crippen MR) is 120 cm³/mol. The standard InChI is InChI=1S/C21H26ClN3O4S/c1-6-29-21(28)17-12(2)18(20(27)25(4)5)30-19(17)24-16(26)11-23-13(3)14-9-7-8-10-15(14)22/h7-10,13,23H,6,11H2,1-5H3,(H,24,26). The van der Waals surface area contributed by atoms with Gasteiger partial charge in [0.2, 0.25) is 5.91 Å². The van der Waals surface area contributed by atoms with E-state index >= 15 is 0 Å². The zero-order valence-corrected chi connectivity index (χ0v) is 19.2. The molecule has 2 N–H and O–H groups in total. The smallest absolute Gasteiger partial charge is 0.341 e. The molecule has 0 fully saturated rings. The number of benzene rings is 1. The van der Waals surface area contributed by atoms with Crippen molar-refractivity contribution in [3.8, 4) is 0 Å². The first-order chi connectivity index (χ1) is 14.2. The highest BCUT2D eigenvalue weighted by atomic mass is 35.5. The minimum Gasteiger partial charge on any atom is -0.462 e. The molecule has 1 atom stereocenters. The van der Waals surface area contributed by atoms with Gasteiger partial charge in [-0.05, 0) is 38.0 Å². The molecule has 2 rings (SSSR count). The molecule has 1 heterocycles. The van der Waals surface area contributed by atoms with E-state index in [2.05, 4.69) is 10.6 Å². The monoisotopic (exact) mass is 451 g/mol. The number of halogens is 1. The number of anilines is 1. The summed E-state index contributed by atoms with van der Waals surface area (Å²) in [5.74, 6) is -1.16. The lowest BCUT2D eigenvalue weighted by atomic mass is 10.1. The number of hydrogen-bond acceptors (Lipinski definition) is 6. The first-order valence-electron chi connectivity index (χ1n) is 9.47. The lowest BCUT2D eigenvalue weighted by Crippen LogP contribution is -2.30. The Morgan fingerprint density at radius 2 is 1.90 bits per heavy atom. The Balaban J connectivity index is 2.18. The minimum absolute atomic E-state index is 0.00254. The molecule has 30 heavy (non-hydrogen) atoms. The van der Waals surface area contributed by atoms with Crippen LogP contribution in [0.4, 0.5) is 5.00 Å². The van der Waals surface area contributed by atoms with Gasteiger partial charge < -0.3 is 20.3 Å². The molecule has 0 aliphatic rings. The number of rotatable bonds is 8. The zero-order valence-electron chi connectivity index (χ0n) is 17.7. The van der Waals surface area contributed by atoms with Crippen LogP contribution in [0.25, 0.3) is 0 Å². The summed E-state index contributed by atoms with van der Waals surface area (Å²) in [6.45, 7) is 5.47. The van der Waals surface area contributed by atoms with E-state index in [4.69, 9.17) is 16.3 Å². The van der Waals surface area contributed by atoms with Gasteiger partial charge in [0, 0.05) is 25.2 Å². The minimum atomic E-state index is -0.572. The fourth-order valence-corrected chi connectivity index (χ4v) is 4.34. The predicted octanol–water partition coefficient (Wildman–Crippen LogP) is 3.88. The largest absolute Gasteiger partial charge is 0.462 e. The molecule has 0 radical (unpaired) electrons. The first kappa shape index (κ1) is 23.9. The second-order valence-electron chi connectivity index (χ2n) is 6.85. The van der Waals surface area contributed by atoms with Crippen molar-refractivity contribution in [2.24, 2.45) is 0 Å². The highest BCUT2D eigenvalue weighted by Crippen LogP contribution is 2.34. The topological polar surface area (TPSA) is 87.7 Å². The lowest BCUT2D eigenvalue weighted by Gasteiger charge is -2.15. The average molecular weight is 452 g/mol. The maximum atomic E-state index is 12.5. The van der Waals surface area contributed by atoms with Crippen LogP contribution in [0.1, 0.15) is 51.0 Å². The summed E-state index contributed by atoms with van der Waals surface area (Å²) in [6, 6.07) is 7.25. The molecule has 1 aromatic heterocycles. The number of nitrogens with one attached hydrogen (secondary N) is 2. The van der Waals surface area contributed by atoms with Gasteiger partial charge in [-0.3, -0.25) is 9.59 Å². The molecule has 2 amide bonds. The van der Waals surface area contributed by atoms with Gasteiger partial charge in [0.05, 0.1) is 23.6 Å². The second kappa shape index (κ2) is 10.6. The SMILES string of the molecule is CCOC(=O)c1c(NC(=O)CNC(C)c2ccccc2Cl)sc(C(=O)N(C)C)c1C. The fourth-order valence-electron chi connectivity index (χ4n) is 2.81. The van der Waals surface area contributed by atoms with E-state index < -0.39 is 5.97 Å². The van der Waals surface area contributed by atoms with Crippen molar-refractivity contribution in [2.75, 3.05) is 32.6 Å². The molecular formula is C21H26ClN3O4S. The normalized spacial score (nSPS) is 11.7. The third-order valence-corrected chi connectivity index (χ3v) is 5.96. The van der Waals surface area contributed by atoms with Gasteiger partial charge in [0.1, 0.15) is 5.00 Å². The Hall–Kier alpha value is -2.42. The average Bonchev–Trinajstić information content (AvgIpc) is 3.01. The Kier molecular flexibility index (Phi) is 8.40. The van der Waals surface area contributed by atoms with E-state index in [9.17, 15) is 14.4 Å². The van der Waals surface area contributed by atoms with Crippen molar-refractivity contribution in [3.63, 3.8) is 0 Å². The molecular weight excluding hydrogens is 426 g/mol. The van der Waals surface area contributed by atoms with Crippen LogP contribution in [0.15, 0.2) is 24.3 Å². The van der Waals surface area contributed by atoms with Crippen LogP contribution in [0.2, 0.25) is 5.02 Å². The molecule has 7 nitrogen and oxygen atoms in total. The summed E-state index contributed by atoms with van der Waals surface area (Å²) in [4.78, 5) is 39.2. The van der Waals surface area contributed by atoms with Crippen LogP contribution < -0.4 is 10.6 Å². The third-order valence-electron chi connectivity index (χ3n) is 4.42. The fraction of sp³-hybridized carbons (Fsp3) is 0.381. The van der Waals surface area contributed by atoms with Crippen molar-refractivity contribution < 1.29 is 19.1 Å². The molecule has 0 bridgehead atoms. The van der Waals surface area contributed by atoms with E-state index in [1.165, 1.54) is 4.90 Å². The number of esters is 1. The Morgan fingerprint density at radius 1 is 1.23 bits per heavy atom. The molecule has 0 aliphatic heterocycles. The van der Waals surface area contributed by atoms with E-state index in [1.807, 2.05) is 25.1 Å². The van der Waals surface area contributed by atoms with Crippen LogP contribution in [-0.4, -0.2) is 49.9 Å². The van der Waals surface area contributed by atoms with Crippen LogP contribution in [0.5, 0.6) is 0 Å². The number of carbonyl (C=O) groups is 3. The van der Waals surface area contributed by atoms with E-state index in [-0.39, 0.29) is 36.6 Å². The van der Waals surface area contributed by atoms with Gasteiger partial charge in [0.25, 0.3) is 5.91 Å².